The second-order valence-electron chi connectivity index (χ2n) is 6.30. The summed E-state index contributed by atoms with van der Waals surface area (Å²) >= 11 is 0. The quantitative estimate of drug-likeness (QED) is 0.819. The Balaban J connectivity index is 2.17. The van der Waals surface area contributed by atoms with Crippen molar-refractivity contribution in [1.82, 2.24) is 4.90 Å². The normalized spacial score (nSPS) is 29.6. The lowest BCUT2D eigenvalue weighted by Crippen LogP contribution is -2.58. The maximum Gasteiger partial charge on any atom is 0.417 e. The van der Waals surface area contributed by atoms with E-state index in [1.165, 1.54) is 4.90 Å². The van der Waals surface area contributed by atoms with Crippen molar-refractivity contribution in [3.05, 3.63) is 0 Å². The zero-order chi connectivity index (χ0) is 16.8. The van der Waals surface area contributed by atoms with E-state index in [4.69, 9.17) is 0 Å². The lowest BCUT2D eigenvalue weighted by Gasteiger charge is -2.41. The molecule has 0 aromatic rings. The first kappa shape index (κ1) is 17.5. The molecule has 9 heteroatoms. The van der Waals surface area contributed by atoms with Crippen molar-refractivity contribution in [2.75, 3.05) is 19.3 Å². The van der Waals surface area contributed by atoms with Gasteiger partial charge >= 0.3 is 6.18 Å². The van der Waals surface area contributed by atoms with Crippen molar-refractivity contribution in [1.29, 1.82) is 0 Å². The Morgan fingerprint density at radius 2 is 1.68 bits per heavy atom. The van der Waals surface area contributed by atoms with Gasteiger partial charge in [0.2, 0.25) is 5.91 Å². The lowest BCUT2D eigenvalue weighted by atomic mass is 9.83. The number of alkyl halides is 3. The van der Waals surface area contributed by atoms with Gasteiger partial charge in [0.1, 0.15) is 0 Å². The summed E-state index contributed by atoms with van der Waals surface area (Å²) in [5.74, 6) is -0.618. The van der Waals surface area contributed by atoms with Crippen LogP contribution in [0.1, 0.15) is 38.5 Å². The van der Waals surface area contributed by atoms with Gasteiger partial charge in [0.05, 0.1) is 0 Å². The fourth-order valence-corrected chi connectivity index (χ4v) is 4.61. The Hall–Kier alpha value is -0.830. The van der Waals surface area contributed by atoms with Gasteiger partial charge in [-0.3, -0.25) is 4.79 Å². The number of carbonyl (C=O) groups is 1. The molecular formula is C13H20F3NO4S. The number of amides is 1. The fraction of sp³-hybridized carbons (Fsp3) is 0.923. The van der Waals surface area contributed by atoms with Gasteiger partial charge in [-0.15, -0.1) is 0 Å². The first-order valence-electron chi connectivity index (χ1n) is 7.21. The first-order valence-corrected chi connectivity index (χ1v) is 9.10. The molecule has 2 rings (SSSR count). The molecule has 1 aliphatic heterocycles. The summed E-state index contributed by atoms with van der Waals surface area (Å²) in [6.45, 7) is -0.249. The van der Waals surface area contributed by atoms with Gasteiger partial charge < -0.3 is 10.0 Å². The molecule has 128 valence electrons. The van der Waals surface area contributed by atoms with Crippen molar-refractivity contribution in [3.8, 4) is 0 Å². The van der Waals surface area contributed by atoms with Crippen molar-refractivity contribution < 1.29 is 31.5 Å². The second-order valence-corrected chi connectivity index (χ2v) is 8.62. The molecule has 0 aromatic heterocycles. The van der Waals surface area contributed by atoms with Crippen molar-refractivity contribution >= 4 is 15.7 Å². The van der Waals surface area contributed by atoms with E-state index in [0.29, 0.717) is 6.42 Å². The summed E-state index contributed by atoms with van der Waals surface area (Å²) in [6, 6.07) is 0. The lowest BCUT2D eigenvalue weighted by molar-refractivity contribution is -0.263. The molecule has 1 heterocycles. The monoisotopic (exact) mass is 343 g/mol. The van der Waals surface area contributed by atoms with Gasteiger partial charge in [-0.05, 0) is 32.1 Å². The molecule has 1 amide bonds. The van der Waals surface area contributed by atoms with E-state index in [9.17, 15) is 31.5 Å². The van der Waals surface area contributed by atoms with E-state index in [-0.39, 0.29) is 32.4 Å². The Bertz CT molecular complexity index is 556. The molecule has 0 radical (unpaired) electrons. The number of likely N-dealkylation sites (tertiary alicyclic amines) is 1. The Morgan fingerprint density at radius 3 is 2.09 bits per heavy atom. The highest BCUT2D eigenvalue weighted by Gasteiger charge is 2.57. The average Bonchev–Trinajstić information content (AvgIpc) is 2.47. The zero-order valence-electron chi connectivity index (χ0n) is 12.3. The van der Waals surface area contributed by atoms with Gasteiger partial charge in [0.25, 0.3) is 0 Å². The van der Waals surface area contributed by atoms with Gasteiger partial charge in [-0.1, -0.05) is 0 Å². The van der Waals surface area contributed by atoms with Crippen LogP contribution in [0.5, 0.6) is 0 Å². The van der Waals surface area contributed by atoms with Crippen LogP contribution in [0, 0.1) is 0 Å². The molecule has 0 spiro atoms. The van der Waals surface area contributed by atoms with Crippen LogP contribution in [0.25, 0.3) is 0 Å². The molecule has 2 aliphatic rings. The number of hydrogen-bond acceptors (Lipinski definition) is 4. The molecular weight excluding hydrogens is 323 g/mol. The molecule has 1 atom stereocenters. The molecule has 22 heavy (non-hydrogen) atoms. The van der Waals surface area contributed by atoms with E-state index in [1.807, 2.05) is 0 Å². The number of rotatable bonds is 2. The van der Waals surface area contributed by atoms with E-state index >= 15 is 0 Å². The highest BCUT2D eigenvalue weighted by Crippen LogP contribution is 2.42. The van der Waals surface area contributed by atoms with Gasteiger partial charge in [-0.25, -0.2) is 8.42 Å². The third-order valence-corrected chi connectivity index (χ3v) is 6.89. The minimum absolute atomic E-state index is 0.0123. The molecule has 1 saturated heterocycles. The molecule has 0 bridgehead atoms. The van der Waals surface area contributed by atoms with Crippen molar-refractivity contribution in [2.24, 2.45) is 0 Å². The summed E-state index contributed by atoms with van der Waals surface area (Å²) in [5.41, 5.74) is -2.81. The summed E-state index contributed by atoms with van der Waals surface area (Å²) < 4.78 is 61.0. The third kappa shape index (κ3) is 2.73. The van der Waals surface area contributed by atoms with E-state index in [2.05, 4.69) is 0 Å². The molecule has 1 saturated carbocycles. The Labute approximate surface area is 127 Å². The Morgan fingerprint density at radius 1 is 1.09 bits per heavy atom. The molecule has 0 aromatic carbocycles. The third-order valence-electron chi connectivity index (χ3n) is 4.89. The molecule has 5 nitrogen and oxygen atoms in total. The SMILES string of the molecule is CS(=O)(=O)C1(C(=O)N2CCCC(O)(C(F)(F)F)CC2)CCC1. The van der Waals surface area contributed by atoms with Crippen LogP contribution in [-0.4, -0.2) is 60.2 Å². The number of nitrogens with zero attached hydrogens (tertiary/aromatic N) is 1. The summed E-state index contributed by atoms with van der Waals surface area (Å²) in [4.78, 5) is 13.7. The van der Waals surface area contributed by atoms with Gasteiger partial charge in [0.15, 0.2) is 20.2 Å². The van der Waals surface area contributed by atoms with Crippen LogP contribution in [0.2, 0.25) is 0 Å². The number of carbonyl (C=O) groups excluding carboxylic acids is 1. The Kier molecular flexibility index (Phi) is 4.27. The van der Waals surface area contributed by atoms with Crippen LogP contribution >= 0.6 is 0 Å². The first-order chi connectivity index (χ1) is 9.93. The maximum absolute atomic E-state index is 12.9. The van der Waals surface area contributed by atoms with Crippen LogP contribution in [0.15, 0.2) is 0 Å². The minimum Gasteiger partial charge on any atom is -0.380 e. The van der Waals surface area contributed by atoms with Crippen LogP contribution in [0.3, 0.4) is 0 Å². The highest BCUT2D eigenvalue weighted by molar-refractivity contribution is 7.93. The minimum atomic E-state index is -4.75. The molecule has 1 aliphatic carbocycles. The smallest absolute Gasteiger partial charge is 0.380 e. The highest BCUT2D eigenvalue weighted by atomic mass is 32.2. The largest absolute Gasteiger partial charge is 0.417 e. The van der Waals surface area contributed by atoms with E-state index in [1.54, 1.807) is 0 Å². The predicted molar refractivity (Wildman–Crippen MR) is 72.9 cm³/mol. The van der Waals surface area contributed by atoms with Gasteiger partial charge in [0, 0.05) is 25.8 Å². The standard InChI is InChI=1S/C13H20F3NO4S/c1-22(20,21)11(4-2-5-11)10(18)17-8-3-6-12(19,7-9-17)13(14,15)16/h19H,2-9H2,1H3. The maximum atomic E-state index is 12.9. The second kappa shape index (κ2) is 5.36. The number of halogens is 3. The average molecular weight is 343 g/mol. The summed E-state index contributed by atoms with van der Waals surface area (Å²) in [7, 11) is -3.62. The molecule has 2 fully saturated rings. The molecule has 1 unspecified atom stereocenters. The summed E-state index contributed by atoms with van der Waals surface area (Å²) in [6.07, 6.45) is -3.84. The topological polar surface area (TPSA) is 74.7 Å². The van der Waals surface area contributed by atoms with Crippen LogP contribution in [0.4, 0.5) is 13.2 Å². The van der Waals surface area contributed by atoms with Gasteiger partial charge in [-0.2, -0.15) is 13.2 Å². The number of hydrogen-bond donors (Lipinski definition) is 1. The van der Waals surface area contributed by atoms with Crippen molar-refractivity contribution in [2.45, 2.75) is 55.0 Å². The van der Waals surface area contributed by atoms with E-state index in [0.717, 1.165) is 6.26 Å². The predicted octanol–water partition coefficient (Wildman–Crippen LogP) is 1.26. The zero-order valence-corrected chi connectivity index (χ0v) is 13.1. The van der Waals surface area contributed by atoms with Crippen LogP contribution in [-0.2, 0) is 14.6 Å². The fourth-order valence-electron chi connectivity index (χ4n) is 3.13. The molecule has 1 N–H and O–H groups in total. The van der Waals surface area contributed by atoms with Crippen molar-refractivity contribution in [3.63, 3.8) is 0 Å². The number of sulfone groups is 1. The summed E-state index contributed by atoms with van der Waals surface area (Å²) in [5, 5.41) is 9.74. The number of aliphatic hydroxyl groups is 1. The van der Waals surface area contributed by atoms with Crippen LogP contribution < -0.4 is 0 Å². The van der Waals surface area contributed by atoms with E-state index < -0.39 is 45.1 Å².